The number of hydrogen-bond donors (Lipinski definition) is 3. The van der Waals surface area contributed by atoms with Gasteiger partial charge in [-0.2, -0.15) is 0 Å². The lowest BCUT2D eigenvalue weighted by atomic mass is 9.96. The van der Waals surface area contributed by atoms with Crippen molar-refractivity contribution < 1.29 is 13.2 Å². The Morgan fingerprint density at radius 2 is 1.77 bits per heavy atom. The zero-order valence-corrected chi connectivity index (χ0v) is 13.5. The Hall–Kier alpha value is -1.60. The first-order chi connectivity index (χ1) is 10.4. The van der Waals surface area contributed by atoms with E-state index in [1.54, 1.807) is 12.1 Å². The third kappa shape index (κ3) is 4.45. The van der Waals surface area contributed by atoms with Crippen LogP contribution in [-0.2, 0) is 10.0 Å². The molecule has 1 aliphatic rings. The summed E-state index contributed by atoms with van der Waals surface area (Å²) in [5.41, 5.74) is 6.57. The number of hydrogen-bond acceptors (Lipinski definition) is 4. The first-order valence-electron chi connectivity index (χ1n) is 7.57. The molecular formula is C15H23N3O3S. The molecule has 4 N–H and O–H groups in total. The molecule has 2 rings (SSSR count). The van der Waals surface area contributed by atoms with Crippen LogP contribution in [0.3, 0.4) is 0 Å². The molecule has 0 spiro atoms. The first kappa shape index (κ1) is 16.8. The lowest BCUT2D eigenvalue weighted by Gasteiger charge is -2.22. The highest BCUT2D eigenvalue weighted by atomic mass is 32.2. The fourth-order valence-electron chi connectivity index (χ4n) is 2.59. The average Bonchev–Trinajstić information content (AvgIpc) is 2.47. The Kier molecular flexibility index (Phi) is 5.42. The highest BCUT2D eigenvalue weighted by Crippen LogP contribution is 2.18. The van der Waals surface area contributed by atoms with E-state index in [2.05, 4.69) is 10.0 Å². The van der Waals surface area contributed by atoms with Crippen LogP contribution in [0.15, 0.2) is 29.2 Å². The summed E-state index contributed by atoms with van der Waals surface area (Å²) in [6.07, 6.45) is 5.10. The van der Waals surface area contributed by atoms with Gasteiger partial charge >= 0.3 is 6.03 Å². The van der Waals surface area contributed by atoms with E-state index in [-0.39, 0.29) is 17.0 Å². The topological polar surface area (TPSA) is 101 Å². The predicted octanol–water partition coefficient (Wildman–Crippen LogP) is 2.03. The molecule has 0 aromatic heterocycles. The van der Waals surface area contributed by atoms with Crippen LogP contribution in [0.5, 0.6) is 0 Å². The van der Waals surface area contributed by atoms with Gasteiger partial charge in [0.1, 0.15) is 0 Å². The van der Waals surface area contributed by atoms with Crippen LogP contribution < -0.4 is 15.8 Å². The number of nitrogens with one attached hydrogen (secondary N) is 2. The Morgan fingerprint density at radius 3 is 2.32 bits per heavy atom. The van der Waals surface area contributed by atoms with Gasteiger partial charge < -0.3 is 11.1 Å². The maximum absolute atomic E-state index is 12.2. The molecule has 6 nitrogen and oxygen atoms in total. The van der Waals surface area contributed by atoms with E-state index < -0.39 is 16.1 Å². The quantitative estimate of drug-likeness (QED) is 0.788. The molecule has 1 saturated carbocycles. The summed E-state index contributed by atoms with van der Waals surface area (Å²) >= 11 is 0. The van der Waals surface area contributed by atoms with Crippen LogP contribution >= 0.6 is 0 Å². The van der Waals surface area contributed by atoms with Gasteiger partial charge in [0, 0.05) is 12.1 Å². The first-order valence-corrected chi connectivity index (χ1v) is 9.05. The third-order valence-corrected chi connectivity index (χ3v) is 5.23. The van der Waals surface area contributed by atoms with E-state index in [1.807, 2.05) is 6.92 Å². The number of sulfonamides is 1. The molecule has 0 heterocycles. The van der Waals surface area contributed by atoms with Crippen LogP contribution in [0.4, 0.5) is 4.79 Å². The van der Waals surface area contributed by atoms with Gasteiger partial charge in [-0.3, -0.25) is 0 Å². The minimum absolute atomic E-state index is 0.0516. The number of benzene rings is 1. The van der Waals surface area contributed by atoms with Gasteiger partial charge in [-0.05, 0) is 37.5 Å². The summed E-state index contributed by atoms with van der Waals surface area (Å²) < 4.78 is 26.4. The zero-order valence-electron chi connectivity index (χ0n) is 12.7. The molecule has 1 aliphatic carbocycles. The van der Waals surface area contributed by atoms with E-state index in [0.29, 0.717) is 0 Å². The summed E-state index contributed by atoms with van der Waals surface area (Å²) in [4.78, 5) is 11.9. The minimum atomic E-state index is -3.86. The molecule has 1 atom stereocenters. The number of rotatable bonds is 4. The second-order valence-electron chi connectivity index (χ2n) is 5.77. The number of amides is 2. The minimum Gasteiger partial charge on any atom is -0.335 e. The molecule has 2 amide bonds. The summed E-state index contributed by atoms with van der Waals surface area (Å²) in [6.45, 7) is 1.82. The van der Waals surface area contributed by atoms with Crippen LogP contribution in [-0.4, -0.2) is 20.5 Å². The Balaban J connectivity index is 1.98. The van der Waals surface area contributed by atoms with Crippen molar-refractivity contribution >= 4 is 16.1 Å². The summed E-state index contributed by atoms with van der Waals surface area (Å²) in [6, 6.07) is 5.44. The smallest absolute Gasteiger partial charge is 0.328 e. The van der Waals surface area contributed by atoms with E-state index in [4.69, 9.17) is 5.73 Å². The highest BCUT2D eigenvalue weighted by molar-refractivity contribution is 7.90. The zero-order chi connectivity index (χ0) is 16.2. The van der Waals surface area contributed by atoms with E-state index in [9.17, 15) is 13.2 Å². The third-order valence-electron chi connectivity index (χ3n) is 3.88. The fourth-order valence-corrected chi connectivity index (χ4v) is 3.51. The Labute approximate surface area is 131 Å². The van der Waals surface area contributed by atoms with Crippen LogP contribution in [0.2, 0.25) is 0 Å². The van der Waals surface area contributed by atoms with E-state index in [1.165, 1.54) is 18.6 Å². The van der Waals surface area contributed by atoms with Crippen LogP contribution in [0.25, 0.3) is 0 Å². The lowest BCUT2D eigenvalue weighted by molar-refractivity contribution is 0.237. The van der Waals surface area contributed by atoms with Gasteiger partial charge in [0.05, 0.1) is 4.90 Å². The molecule has 0 radical (unpaired) electrons. The number of carbonyl (C=O) groups is 1. The summed E-state index contributed by atoms with van der Waals surface area (Å²) in [5, 5.41) is 2.73. The van der Waals surface area contributed by atoms with Crippen molar-refractivity contribution in [3.8, 4) is 0 Å². The predicted molar refractivity (Wildman–Crippen MR) is 84.8 cm³/mol. The number of nitrogens with two attached hydrogens (primary N) is 1. The Morgan fingerprint density at radius 1 is 1.18 bits per heavy atom. The van der Waals surface area contributed by atoms with Crippen molar-refractivity contribution in [1.29, 1.82) is 0 Å². The van der Waals surface area contributed by atoms with Gasteiger partial charge in [-0.25, -0.2) is 17.9 Å². The number of urea groups is 1. The molecule has 1 aromatic carbocycles. The van der Waals surface area contributed by atoms with Gasteiger partial charge in [0.15, 0.2) is 0 Å². The van der Waals surface area contributed by atoms with E-state index in [0.717, 1.165) is 31.2 Å². The maximum Gasteiger partial charge on any atom is 0.328 e. The van der Waals surface area contributed by atoms with Crippen molar-refractivity contribution in [1.82, 2.24) is 10.0 Å². The van der Waals surface area contributed by atoms with Gasteiger partial charge in [0.25, 0.3) is 10.0 Å². The molecule has 0 saturated heterocycles. The Bertz CT molecular complexity index is 605. The largest absolute Gasteiger partial charge is 0.335 e. The van der Waals surface area contributed by atoms with Gasteiger partial charge in [0.2, 0.25) is 0 Å². The molecule has 122 valence electrons. The molecule has 1 fully saturated rings. The maximum atomic E-state index is 12.2. The average molecular weight is 325 g/mol. The summed E-state index contributed by atoms with van der Waals surface area (Å²) in [5.74, 6) is 0. The van der Waals surface area contributed by atoms with Crippen LogP contribution in [0.1, 0.15) is 50.6 Å². The van der Waals surface area contributed by atoms with Crippen LogP contribution in [0, 0.1) is 0 Å². The second-order valence-corrected chi connectivity index (χ2v) is 7.45. The molecule has 22 heavy (non-hydrogen) atoms. The van der Waals surface area contributed by atoms with Crippen molar-refractivity contribution in [2.45, 2.75) is 56.0 Å². The van der Waals surface area contributed by atoms with Crippen molar-refractivity contribution in [3.05, 3.63) is 29.8 Å². The number of carbonyl (C=O) groups excluding carboxylic acids is 1. The second kappa shape index (κ2) is 7.11. The molecule has 0 aliphatic heterocycles. The van der Waals surface area contributed by atoms with Crippen molar-refractivity contribution in [3.63, 3.8) is 0 Å². The fraction of sp³-hybridized carbons (Fsp3) is 0.533. The van der Waals surface area contributed by atoms with Crippen molar-refractivity contribution in [2.75, 3.05) is 0 Å². The lowest BCUT2D eigenvalue weighted by Crippen LogP contribution is -2.45. The SMILES string of the molecule is CC(N)c1ccc(S(=O)(=O)NC(=O)NC2CCCCC2)cc1. The van der Waals surface area contributed by atoms with E-state index >= 15 is 0 Å². The van der Waals surface area contributed by atoms with Gasteiger partial charge in [-0.1, -0.05) is 31.4 Å². The summed E-state index contributed by atoms with van der Waals surface area (Å²) in [7, 11) is -3.86. The molecular weight excluding hydrogens is 302 g/mol. The molecule has 1 unspecified atom stereocenters. The molecule has 7 heteroatoms. The standard InChI is InChI=1S/C15H23N3O3S/c1-11(16)12-7-9-14(10-8-12)22(20,21)18-15(19)17-13-5-3-2-4-6-13/h7-11,13H,2-6,16H2,1H3,(H2,17,18,19). The molecule has 1 aromatic rings. The normalized spacial score (nSPS) is 17.7. The highest BCUT2D eigenvalue weighted by Gasteiger charge is 2.21. The monoisotopic (exact) mass is 325 g/mol. The molecule has 0 bridgehead atoms. The van der Waals surface area contributed by atoms with Gasteiger partial charge in [-0.15, -0.1) is 0 Å². The van der Waals surface area contributed by atoms with Crippen molar-refractivity contribution in [2.24, 2.45) is 5.73 Å².